The van der Waals surface area contributed by atoms with Crippen LogP contribution in [0.2, 0.25) is 0 Å². The number of hydrogen-bond acceptors (Lipinski definition) is 2. The number of nitrogens with zero attached hydrogens (tertiary/aromatic N) is 1. The maximum absolute atomic E-state index is 13.1. The van der Waals surface area contributed by atoms with Crippen molar-refractivity contribution in [2.75, 3.05) is 13.6 Å². The molecule has 90 valence electrons. The predicted molar refractivity (Wildman–Crippen MR) is 63.9 cm³/mol. The van der Waals surface area contributed by atoms with Crippen molar-refractivity contribution in [1.29, 1.82) is 0 Å². The maximum atomic E-state index is 13.1. The third kappa shape index (κ3) is 4.19. The van der Waals surface area contributed by atoms with Crippen molar-refractivity contribution in [3.8, 4) is 5.75 Å². The molecule has 0 aliphatic carbocycles. The Kier molecular flexibility index (Phi) is 3.92. The van der Waals surface area contributed by atoms with Crippen LogP contribution in [0.4, 0.5) is 4.39 Å². The van der Waals surface area contributed by atoms with E-state index >= 15 is 0 Å². The minimum absolute atomic E-state index is 0.226. The SMILES string of the molecule is CN(Cc1ccc(O)c(F)c1)CC(C)(C)C. The standard InChI is InChI=1S/C13H20FNO/c1-13(2,3)9-15(4)8-10-5-6-12(16)11(14)7-10/h5-7,16H,8-9H2,1-4H3. The summed E-state index contributed by atoms with van der Waals surface area (Å²) >= 11 is 0. The predicted octanol–water partition coefficient (Wildman–Crippen LogP) is 3.01. The molecular formula is C13H20FNO. The topological polar surface area (TPSA) is 23.5 Å². The maximum Gasteiger partial charge on any atom is 0.165 e. The van der Waals surface area contributed by atoms with Gasteiger partial charge in [0.15, 0.2) is 11.6 Å². The van der Waals surface area contributed by atoms with Gasteiger partial charge in [-0.2, -0.15) is 0 Å². The monoisotopic (exact) mass is 225 g/mol. The van der Waals surface area contributed by atoms with E-state index in [4.69, 9.17) is 5.11 Å². The van der Waals surface area contributed by atoms with Crippen LogP contribution in [0, 0.1) is 11.2 Å². The summed E-state index contributed by atoms with van der Waals surface area (Å²) in [5.41, 5.74) is 1.10. The van der Waals surface area contributed by atoms with Crippen molar-refractivity contribution >= 4 is 0 Å². The molecule has 3 heteroatoms. The molecule has 16 heavy (non-hydrogen) atoms. The summed E-state index contributed by atoms with van der Waals surface area (Å²) in [5.74, 6) is -0.844. The number of benzene rings is 1. The normalized spacial score (nSPS) is 12.1. The van der Waals surface area contributed by atoms with Gasteiger partial charge in [0.1, 0.15) is 0 Å². The first kappa shape index (κ1) is 13.0. The molecule has 0 atom stereocenters. The van der Waals surface area contributed by atoms with Gasteiger partial charge in [0.2, 0.25) is 0 Å². The van der Waals surface area contributed by atoms with Crippen LogP contribution in [-0.2, 0) is 6.54 Å². The molecule has 0 radical (unpaired) electrons. The van der Waals surface area contributed by atoms with Crippen LogP contribution in [0.3, 0.4) is 0 Å². The van der Waals surface area contributed by atoms with Crippen molar-refractivity contribution in [1.82, 2.24) is 4.90 Å². The van der Waals surface area contributed by atoms with E-state index in [9.17, 15) is 4.39 Å². The highest BCUT2D eigenvalue weighted by atomic mass is 19.1. The quantitative estimate of drug-likeness (QED) is 0.854. The first-order chi connectivity index (χ1) is 7.28. The molecular weight excluding hydrogens is 205 g/mol. The lowest BCUT2D eigenvalue weighted by Gasteiger charge is -2.26. The first-order valence-electron chi connectivity index (χ1n) is 5.44. The van der Waals surface area contributed by atoms with Crippen LogP contribution < -0.4 is 0 Å². The molecule has 0 bridgehead atoms. The van der Waals surface area contributed by atoms with E-state index in [1.807, 2.05) is 7.05 Å². The molecule has 0 unspecified atom stereocenters. The van der Waals surface area contributed by atoms with E-state index in [0.717, 1.165) is 12.1 Å². The highest BCUT2D eigenvalue weighted by Gasteiger charge is 2.14. The van der Waals surface area contributed by atoms with Crippen LogP contribution in [0.25, 0.3) is 0 Å². The Labute approximate surface area is 96.7 Å². The van der Waals surface area contributed by atoms with Gasteiger partial charge in [-0.25, -0.2) is 4.39 Å². The molecule has 1 N–H and O–H groups in total. The zero-order valence-corrected chi connectivity index (χ0v) is 10.4. The molecule has 1 aromatic rings. The Morgan fingerprint density at radius 2 is 1.94 bits per heavy atom. The van der Waals surface area contributed by atoms with Crippen molar-refractivity contribution in [3.05, 3.63) is 29.6 Å². The molecule has 0 amide bonds. The summed E-state index contributed by atoms with van der Waals surface area (Å²) in [4.78, 5) is 2.14. The van der Waals surface area contributed by atoms with Crippen molar-refractivity contribution in [3.63, 3.8) is 0 Å². The van der Waals surface area contributed by atoms with Gasteiger partial charge in [0, 0.05) is 13.1 Å². The Morgan fingerprint density at radius 1 is 1.31 bits per heavy atom. The van der Waals surface area contributed by atoms with Gasteiger partial charge >= 0.3 is 0 Å². The number of aromatic hydroxyl groups is 1. The molecule has 0 saturated heterocycles. The molecule has 0 aliphatic rings. The van der Waals surface area contributed by atoms with Crippen LogP contribution >= 0.6 is 0 Å². The second kappa shape index (κ2) is 4.83. The molecule has 1 rings (SSSR count). The zero-order valence-electron chi connectivity index (χ0n) is 10.4. The third-order valence-electron chi connectivity index (χ3n) is 2.21. The zero-order chi connectivity index (χ0) is 12.3. The molecule has 2 nitrogen and oxygen atoms in total. The lowest BCUT2D eigenvalue weighted by Crippen LogP contribution is -2.28. The molecule has 0 aliphatic heterocycles. The Hall–Kier alpha value is -1.09. The average Bonchev–Trinajstić information content (AvgIpc) is 2.08. The van der Waals surface area contributed by atoms with Gasteiger partial charge in [-0.3, -0.25) is 0 Å². The van der Waals surface area contributed by atoms with E-state index in [2.05, 4.69) is 25.7 Å². The third-order valence-corrected chi connectivity index (χ3v) is 2.21. The molecule has 0 heterocycles. The van der Waals surface area contributed by atoms with Crippen LogP contribution in [0.15, 0.2) is 18.2 Å². The summed E-state index contributed by atoms with van der Waals surface area (Å²) in [5, 5.41) is 9.08. The number of phenolic OH excluding ortho intramolecular Hbond substituents is 1. The van der Waals surface area contributed by atoms with Crippen LogP contribution in [0.5, 0.6) is 5.75 Å². The second-order valence-electron chi connectivity index (χ2n) is 5.52. The van der Waals surface area contributed by atoms with Gasteiger partial charge in [0.05, 0.1) is 0 Å². The number of phenols is 1. The summed E-state index contributed by atoms with van der Waals surface area (Å²) < 4.78 is 13.1. The average molecular weight is 225 g/mol. The van der Waals surface area contributed by atoms with Crippen LogP contribution in [0.1, 0.15) is 26.3 Å². The highest BCUT2D eigenvalue weighted by molar-refractivity contribution is 5.27. The van der Waals surface area contributed by atoms with E-state index in [1.165, 1.54) is 12.1 Å². The fourth-order valence-electron chi connectivity index (χ4n) is 1.83. The Balaban J connectivity index is 2.63. The molecule has 0 fully saturated rings. The number of halogens is 1. The van der Waals surface area contributed by atoms with Gasteiger partial charge < -0.3 is 10.0 Å². The van der Waals surface area contributed by atoms with Crippen molar-refractivity contribution in [2.45, 2.75) is 27.3 Å². The number of rotatable bonds is 3. The molecule has 1 aromatic carbocycles. The lowest BCUT2D eigenvalue weighted by molar-refractivity contribution is 0.220. The minimum Gasteiger partial charge on any atom is -0.505 e. The van der Waals surface area contributed by atoms with Crippen molar-refractivity contribution in [2.24, 2.45) is 5.41 Å². The smallest absolute Gasteiger partial charge is 0.165 e. The van der Waals surface area contributed by atoms with Crippen LogP contribution in [-0.4, -0.2) is 23.6 Å². The van der Waals surface area contributed by atoms with Gasteiger partial charge in [-0.05, 0) is 30.2 Å². The number of hydrogen-bond donors (Lipinski definition) is 1. The summed E-state index contributed by atoms with van der Waals surface area (Å²) in [6, 6.07) is 4.53. The summed E-state index contributed by atoms with van der Waals surface area (Å²) in [6.07, 6.45) is 0. The van der Waals surface area contributed by atoms with Gasteiger partial charge in [-0.1, -0.05) is 26.8 Å². The second-order valence-corrected chi connectivity index (χ2v) is 5.52. The summed E-state index contributed by atoms with van der Waals surface area (Å²) in [7, 11) is 2.01. The van der Waals surface area contributed by atoms with E-state index < -0.39 is 5.82 Å². The first-order valence-corrected chi connectivity index (χ1v) is 5.44. The van der Waals surface area contributed by atoms with E-state index in [1.54, 1.807) is 6.07 Å². The van der Waals surface area contributed by atoms with Crippen molar-refractivity contribution < 1.29 is 9.50 Å². The molecule has 0 spiro atoms. The molecule has 0 saturated carbocycles. The fourth-order valence-corrected chi connectivity index (χ4v) is 1.83. The highest BCUT2D eigenvalue weighted by Crippen LogP contribution is 2.19. The van der Waals surface area contributed by atoms with E-state index in [-0.39, 0.29) is 11.2 Å². The van der Waals surface area contributed by atoms with E-state index in [0.29, 0.717) is 6.54 Å². The molecule has 0 aromatic heterocycles. The lowest BCUT2D eigenvalue weighted by atomic mass is 9.96. The van der Waals surface area contributed by atoms with Gasteiger partial charge in [0.25, 0.3) is 0 Å². The summed E-state index contributed by atoms with van der Waals surface area (Å²) in [6.45, 7) is 8.13. The fraction of sp³-hybridized carbons (Fsp3) is 0.538. The Morgan fingerprint density at radius 3 is 2.44 bits per heavy atom. The largest absolute Gasteiger partial charge is 0.505 e. The Bertz CT molecular complexity index is 357. The minimum atomic E-state index is -0.554. The van der Waals surface area contributed by atoms with Gasteiger partial charge in [-0.15, -0.1) is 0 Å².